The number of aryl methyl sites for hydroxylation is 1. The first-order valence-corrected chi connectivity index (χ1v) is 10.5. The molecule has 2 aromatic rings. The lowest BCUT2D eigenvalue weighted by molar-refractivity contribution is 0.00578. The second-order valence-electron chi connectivity index (χ2n) is 10.2. The zero-order chi connectivity index (χ0) is 21.6. The van der Waals surface area contributed by atoms with E-state index in [1.165, 1.54) is 0 Å². The van der Waals surface area contributed by atoms with Crippen LogP contribution >= 0.6 is 11.6 Å². The number of nitrogens with zero attached hydrogens (tertiary/aromatic N) is 1. The van der Waals surface area contributed by atoms with E-state index in [4.69, 9.17) is 30.2 Å². The Morgan fingerprint density at radius 1 is 0.724 bits per heavy atom. The van der Waals surface area contributed by atoms with Gasteiger partial charge in [0.05, 0.1) is 22.4 Å². The quantitative estimate of drug-likeness (QED) is 0.702. The van der Waals surface area contributed by atoms with Crippen molar-refractivity contribution in [1.82, 2.24) is 4.57 Å². The molecule has 1 aromatic carbocycles. The molecule has 29 heavy (non-hydrogen) atoms. The van der Waals surface area contributed by atoms with E-state index in [9.17, 15) is 0 Å². The number of hydrogen-bond donors (Lipinski definition) is 0. The van der Waals surface area contributed by atoms with Gasteiger partial charge in [0.1, 0.15) is 0 Å². The Bertz CT molecular complexity index is 951. The van der Waals surface area contributed by atoms with Crippen molar-refractivity contribution in [2.75, 3.05) is 0 Å². The van der Waals surface area contributed by atoms with Gasteiger partial charge in [0.15, 0.2) is 0 Å². The summed E-state index contributed by atoms with van der Waals surface area (Å²) >= 11 is 6.68. The molecule has 0 aliphatic carbocycles. The maximum atomic E-state index is 6.68. The number of fused-ring (bicyclic) bond motifs is 1. The normalized spacial score (nSPS) is 24.6. The zero-order valence-corrected chi connectivity index (χ0v) is 19.6. The monoisotopic (exact) mass is 417 g/mol. The summed E-state index contributed by atoms with van der Waals surface area (Å²) < 4.78 is 27.0. The van der Waals surface area contributed by atoms with Crippen LogP contribution in [0, 0.1) is 0 Å². The van der Waals surface area contributed by atoms with Gasteiger partial charge in [0, 0.05) is 28.6 Å². The van der Waals surface area contributed by atoms with E-state index < -0.39 is 36.6 Å². The maximum absolute atomic E-state index is 6.68. The van der Waals surface area contributed by atoms with Crippen LogP contribution in [0.15, 0.2) is 18.2 Å². The van der Waals surface area contributed by atoms with Crippen LogP contribution in [-0.2, 0) is 25.7 Å². The smallest absolute Gasteiger partial charge is 0.399 e. The molecule has 0 amide bonds. The van der Waals surface area contributed by atoms with E-state index >= 15 is 0 Å². The number of rotatable bonds is 2. The van der Waals surface area contributed by atoms with Crippen LogP contribution in [0.25, 0.3) is 10.9 Å². The summed E-state index contributed by atoms with van der Waals surface area (Å²) in [4.78, 5) is 0. The molecule has 0 unspecified atom stereocenters. The Morgan fingerprint density at radius 3 is 1.66 bits per heavy atom. The second kappa shape index (κ2) is 6.27. The van der Waals surface area contributed by atoms with E-state index in [0.29, 0.717) is 5.02 Å². The van der Waals surface area contributed by atoms with Gasteiger partial charge in [-0.05, 0) is 79.1 Å². The fourth-order valence-electron chi connectivity index (χ4n) is 3.73. The van der Waals surface area contributed by atoms with Crippen molar-refractivity contribution in [2.24, 2.45) is 7.05 Å². The van der Waals surface area contributed by atoms with E-state index in [-0.39, 0.29) is 0 Å². The predicted octanol–water partition coefficient (Wildman–Crippen LogP) is 3.43. The summed E-state index contributed by atoms with van der Waals surface area (Å²) in [6.45, 7) is 16.4. The van der Waals surface area contributed by atoms with Gasteiger partial charge >= 0.3 is 14.2 Å². The molecule has 0 bridgehead atoms. The van der Waals surface area contributed by atoms with Gasteiger partial charge in [-0.15, -0.1) is 0 Å². The van der Waals surface area contributed by atoms with E-state index in [0.717, 1.165) is 22.0 Å². The Kier molecular flexibility index (Phi) is 4.60. The molecule has 1 aromatic heterocycles. The number of aromatic nitrogens is 1. The Balaban J connectivity index is 1.74. The van der Waals surface area contributed by atoms with Gasteiger partial charge in [-0.25, -0.2) is 0 Å². The average Bonchev–Trinajstić information content (AvgIpc) is 3.08. The van der Waals surface area contributed by atoms with Crippen molar-refractivity contribution in [3.63, 3.8) is 0 Å². The first-order chi connectivity index (χ1) is 13.2. The first kappa shape index (κ1) is 21.3. The number of hydrogen-bond acceptors (Lipinski definition) is 4. The molecule has 0 N–H and O–H groups in total. The first-order valence-electron chi connectivity index (χ1n) is 10.2. The van der Waals surface area contributed by atoms with Crippen LogP contribution in [0.5, 0.6) is 0 Å². The van der Waals surface area contributed by atoms with Crippen molar-refractivity contribution < 1.29 is 18.6 Å². The SMILES string of the molecule is Cn1c(B2OC(C)(C)C(C)(C)O2)cc2c(Cl)cc(B3OC(C)(C)C(C)(C)O3)cc21. The highest BCUT2D eigenvalue weighted by Gasteiger charge is 2.53. The third-order valence-electron chi connectivity index (χ3n) is 7.19. The summed E-state index contributed by atoms with van der Waals surface area (Å²) in [6, 6.07) is 6.06. The highest BCUT2D eigenvalue weighted by molar-refractivity contribution is 6.64. The van der Waals surface area contributed by atoms with Crippen molar-refractivity contribution in [2.45, 2.75) is 77.8 Å². The number of benzene rings is 1. The molecule has 0 spiro atoms. The molecular weight excluding hydrogens is 387 g/mol. The fourth-order valence-corrected chi connectivity index (χ4v) is 4.01. The molecule has 8 heteroatoms. The minimum Gasteiger partial charge on any atom is -0.399 e. The Labute approximate surface area is 179 Å². The lowest BCUT2D eigenvalue weighted by Crippen LogP contribution is -2.41. The minimum absolute atomic E-state index is 0.397. The van der Waals surface area contributed by atoms with Crippen molar-refractivity contribution in [3.05, 3.63) is 23.2 Å². The summed E-state index contributed by atoms with van der Waals surface area (Å²) in [5, 5.41) is 1.62. The summed E-state index contributed by atoms with van der Waals surface area (Å²) in [5.41, 5.74) is 1.24. The van der Waals surface area contributed by atoms with Crippen molar-refractivity contribution >= 4 is 47.8 Å². The van der Waals surface area contributed by atoms with Crippen LogP contribution < -0.4 is 11.1 Å². The van der Waals surface area contributed by atoms with Crippen molar-refractivity contribution in [3.8, 4) is 0 Å². The average molecular weight is 418 g/mol. The molecule has 2 aliphatic rings. The van der Waals surface area contributed by atoms with Gasteiger partial charge in [0.2, 0.25) is 0 Å². The predicted molar refractivity (Wildman–Crippen MR) is 119 cm³/mol. The largest absolute Gasteiger partial charge is 0.512 e. The molecule has 3 heterocycles. The van der Waals surface area contributed by atoms with Gasteiger partial charge in [0.25, 0.3) is 0 Å². The zero-order valence-electron chi connectivity index (χ0n) is 18.8. The highest BCUT2D eigenvalue weighted by atomic mass is 35.5. The lowest BCUT2D eigenvalue weighted by atomic mass is 9.79. The molecule has 5 nitrogen and oxygen atoms in total. The lowest BCUT2D eigenvalue weighted by Gasteiger charge is -2.32. The Morgan fingerprint density at radius 2 is 1.17 bits per heavy atom. The summed E-state index contributed by atoms with van der Waals surface area (Å²) in [7, 11) is 1.10. The summed E-state index contributed by atoms with van der Waals surface area (Å²) in [5.74, 6) is 0. The molecule has 0 saturated carbocycles. The van der Waals surface area contributed by atoms with Crippen LogP contribution in [0.3, 0.4) is 0 Å². The van der Waals surface area contributed by atoms with E-state index in [1.54, 1.807) is 0 Å². The molecular formula is C21H30B2ClNO4. The van der Waals surface area contributed by atoms with Crippen LogP contribution in [0.1, 0.15) is 55.4 Å². The maximum Gasteiger partial charge on any atom is 0.512 e. The van der Waals surface area contributed by atoms with Gasteiger partial charge < -0.3 is 23.2 Å². The van der Waals surface area contributed by atoms with E-state index in [1.807, 2.05) is 46.9 Å². The molecule has 156 valence electrons. The van der Waals surface area contributed by atoms with Crippen molar-refractivity contribution in [1.29, 1.82) is 0 Å². The minimum atomic E-state index is -0.461. The standard InChI is InChI=1S/C21H30B2ClNO4/c1-18(2)19(3,4)27-22(26-18)13-10-15(24)14-12-17(25(9)16(14)11-13)23-28-20(5,6)21(7,8)29-23/h10-12H,1-9H3. The topological polar surface area (TPSA) is 41.9 Å². The second-order valence-corrected chi connectivity index (χ2v) is 10.6. The Hall–Kier alpha value is -0.980. The summed E-state index contributed by atoms with van der Waals surface area (Å²) in [6.07, 6.45) is 0. The van der Waals surface area contributed by atoms with Crippen LogP contribution in [0.4, 0.5) is 0 Å². The fraction of sp³-hybridized carbons (Fsp3) is 0.619. The molecule has 0 radical (unpaired) electrons. The van der Waals surface area contributed by atoms with Crippen LogP contribution in [-0.4, -0.2) is 41.2 Å². The van der Waals surface area contributed by atoms with Gasteiger partial charge in [-0.3, -0.25) is 0 Å². The molecule has 2 aliphatic heterocycles. The number of halogens is 1. The van der Waals surface area contributed by atoms with Gasteiger partial charge in [-0.2, -0.15) is 0 Å². The molecule has 2 fully saturated rings. The molecule has 2 saturated heterocycles. The molecule has 0 atom stereocenters. The highest BCUT2D eigenvalue weighted by Crippen LogP contribution is 2.38. The van der Waals surface area contributed by atoms with Gasteiger partial charge in [-0.1, -0.05) is 11.6 Å². The molecule has 4 rings (SSSR count). The van der Waals surface area contributed by atoms with E-state index in [2.05, 4.69) is 38.3 Å². The van der Waals surface area contributed by atoms with Crippen LogP contribution in [0.2, 0.25) is 5.02 Å². The third kappa shape index (κ3) is 3.17. The third-order valence-corrected chi connectivity index (χ3v) is 7.50.